The molecule has 166 valence electrons. The largest absolute Gasteiger partial charge is 0.436 e. The summed E-state index contributed by atoms with van der Waals surface area (Å²) >= 11 is 0. The molecule has 0 saturated carbocycles. The summed E-state index contributed by atoms with van der Waals surface area (Å²) in [7, 11) is 1.52. The van der Waals surface area contributed by atoms with Gasteiger partial charge >= 0.3 is 0 Å². The molecule has 0 fully saturated rings. The van der Waals surface area contributed by atoms with Crippen molar-refractivity contribution in [3.05, 3.63) is 86.5 Å². The number of oxazole rings is 1. The number of rotatable bonds is 5. The van der Waals surface area contributed by atoms with Crippen LogP contribution in [0, 0.1) is 13.8 Å². The molecule has 0 unspecified atom stereocenters. The molecule has 0 saturated heterocycles. The van der Waals surface area contributed by atoms with Gasteiger partial charge in [0.15, 0.2) is 5.89 Å². The van der Waals surface area contributed by atoms with Gasteiger partial charge in [-0.25, -0.2) is 4.98 Å². The predicted octanol–water partition coefficient (Wildman–Crippen LogP) is 2.25. The number of aryl methyl sites for hydroxylation is 4. The summed E-state index contributed by atoms with van der Waals surface area (Å²) in [5.74, 6) is 0.0360. The molecule has 2 amide bonds. The second kappa shape index (κ2) is 8.82. The van der Waals surface area contributed by atoms with E-state index in [9.17, 15) is 14.4 Å². The number of benzene rings is 1. The third kappa shape index (κ3) is 4.08. The van der Waals surface area contributed by atoms with E-state index >= 15 is 0 Å². The number of amides is 2. The first-order valence-corrected chi connectivity index (χ1v) is 10.6. The molecule has 8 heteroatoms. The average molecular weight is 434 g/mol. The fourth-order valence-electron chi connectivity index (χ4n) is 4.18. The first kappa shape index (κ1) is 21.5. The van der Waals surface area contributed by atoms with Crippen LogP contribution < -0.4 is 10.9 Å². The van der Waals surface area contributed by atoms with Crippen LogP contribution in [0.2, 0.25) is 0 Å². The highest BCUT2D eigenvalue weighted by Crippen LogP contribution is 2.23. The highest BCUT2D eigenvalue weighted by molar-refractivity contribution is 5.96. The fraction of sp³-hybridized carbons (Fsp3) is 0.333. The molecule has 3 heterocycles. The first-order chi connectivity index (χ1) is 15.4. The zero-order valence-electron chi connectivity index (χ0n) is 18.5. The molecule has 3 aromatic rings. The molecule has 32 heavy (non-hydrogen) atoms. The minimum absolute atomic E-state index is 0.164. The average Bonchev–Trinajstić information content (AvgIpc) is 3.14. The van der Waals surface area contributed by atoms with Crippen LogP contribution in [0.25, 0.3) is 0 Å². The summed E-state index contributed by atoms with van der Waals surface area (Å²) in [4.78, 5) is 44.6. The molecule has 2 aromatic heterocycles. The SMILES string of the molecule is CNC(=O)c1c2c(cn(CCc3ccccc3)c1=O)CN(C(=O)c1oc(C)nc1C)CC2. The number of carbonyl (C=O) groups is 2. The van der Waals surface area contributed by atoms with Gasteiger partial charge in [-0.1, -0.05) is 30.3 Å². The fourth-order valence-corrected chi connectivity index (χ4v) is 4.18. The highest BCUT2D eigenvalue weighted by Gasteiger charge is 2.30. The van der Waals surface area contributed by atoms with Gasteiger partial charge in [0, 0.05) is 39.8 Å². The quantitative estimate of drug-likeness (QED) is 0.664. The van der Waals surface area contributed by atoms with E-state index < -0.39 is 5.91 Å². The predicted molar refractivity (Wildman–Crippen MR) is 119 cm³/mol. The van der Waals surface area contributed by atoms with Crippen molar-refractivity contribution in [3.63, 3.8) is 0 Å². The minimum atomic E-state index is -0.401. The van der Waals surface area contributed by atoms with Crippen molar-refractivity contribution in [2.24, 2.45) is 0 Å². The van der Waals surface area contributed by atoms with E-state index in [1.54, 1.807) is 29.5 Å². The van der Waals surface area contributed by atoms with Crippen LogP contribution in [-0.4, -0.2) is 39.9 Å². The van der Waals surface area contributed by atoms with Gasteiger partial charge in [-0.2, -0.15) is 0 Å². The molecule has 4 rings (SSSR count). The number of fused-ring (bicyclic) bond motifs is 1. The van der Waals surface area contributed by atoms with Gasteiger partial charge < -0.3 is 19.2 Å². The van der Waals surface area contributed by atoms with E-state index in [1.165, 1.54) is 7.05 Å². The molecule has 0 radical (unpaired) electrons. The number of nitrogens with one attached hydrogen (secondary N) is 1. The Bertz CT molecular complexity index is 1230. The van der Waals surface area contributed by atoms with Crippen LogP contribution in [-0.2, 0) is 25.9 Å². The van der Waals surface area contributed by atoms with Crippen molar-refractivity contribution >= 4 is 11.8 Å². The molecule has 0 atom stereocenters. The molecule has 1 aromatic carbocycles. The number of nitrogens with zero attached hydrogens (tertiary/aromatic N) is 3. The lowest BCUT2D eigenvalue weighted by Crippen LogP contribution is -2.41. The lowest BCUT2D eigenvalue weighted by Gasteiger charge is -2.30. The number of hydrogen-bond acceptors (Lipinski definition) is 5. The Balaban J connectivity index is 1.67. The Kier molecular flexibility index (Phi) is 5.94. The van der Waals surface area contributed by atoms with Crippen LogP contribution in [0.15, 0.2) is 45.7 Å². The van der Waals surface area contributed by atoms with Crippen molar-refractivity contribution in [2.45, 2.75) is 39.8 Å². The van der Waals surface area contributed by atoms with Crippen LogP contribution >= 0.6 is 0 Å². The molecular formula is C24H26N4O4. The number of aromatic nitrogens is 2. The van der Waals surface area contributed by atoms with Gasteiger partial charge in [-0.15, -0.1) is 0 Å². The third-order valence-corrected chi connectivity index (χ3v) is 5.79. The second-order valence-electron chi connectivity index (χ2n) is 7.95. The monoisotopic (exact) mass is 434 g/mol. The Morgan fingerprint density at radius 3 is 2.59 bits per heavy atom. The highest BCUT2D eigenvalue weighted by atomic mass is 16.4. The van der Waals surface area contributed by atoms with Gasteiger partial charge in [-0.05, 0) is 36.5 Å². The molecule has 0 aliphatic carbocycles. The maximum absolute atomic E-state index is 13.1. The summed E-state index contributed by atoms with van der Waals surface area (Å²) in [6.07, 6.45) is 2.86. The molecule has 1 aliphatic heterocycles. The minimum Gasteiger partial charge on any atom is -0.436 e. The Morgan fingerprint density at radius 1 is 1.19 bits per heavy atom. The lowest BCUT2D eigenvalue weighted by molar-refractivity contribution is 0.0699. The topological polar surface area (TPSA) is 97.4 Å². The van der Waals surface area contributed by atoms with E-state index in [0.29, 0.717) is 49.6 Å². The number of carbonyl (C=O) groups excluding carboxylic acids is 2. The summed E-state index contributed by atoms with van der Waals surface area (Å²) in [5, 5.41) is 2.59. The number of pyridine rings is 1. The lowest BCUT2D eigenvalue weighted by atomic mass is 9.95. The van der Waals surface area contributed by atoms with E-state index in [-0.39, 0.29) is 22.8 Å². The second-order valence-corrected chi connectivity index (χ2v) is 7.95. The standard InChI is InChI=1S/C24H26N4O4/c1-15-21(32-16(2)26-15)24(31)28-12-10-19-18(14-28)13-27(23(30)20(19)22(29)25-3)11-9-17-7-5-4-6-8-17/h4-8,13H,9-12,14H2,1-3H3,(H,25,29). The third-order valence-electron chi connectivity index (χ3n) is 5.79. The van der Waals surface area contributed by atoms with Crippen LogP contribution in [0.4, 0.5) is 0 Å². The van der Waals surface area contributed by atoms with Crippen LogP contribution in [0.5, 0.6) is 0 Å². The summed E-state index contributed by atoms with van der Waals surface area (Å²) in [5.41, 5.74) is 3.02. The van der Waals surface area contributed by atoms with Crippen molar-refractivity contribution in [1.82, 2.24) is 19.8 Å². The van der Waals surface area contributed by atoms with Crippen LogP contribution in [0.1, 0.15) is 49.2 Å². The molecule has 1 aliphatic rings. The smallest absolute Gasteiger partial charge is 0.291 e. The molecule has 0 spiro atoms. The zero-order chi connectivity index (χ0) is 22.8. The van der Waals surface area contributed by atoms with E-state index in [2.05, 4.69) is 10.3 Å². The van der Waals surface area contributed by atoms with Crippen LogP contribution in [0.3, 0.4) is 0 Å². The van der Waals surface area contributed by atoms with Crippen molar-refractivity contribution < 1.29 is 14.0 Å². The normalized spacial score (nSPS) is 13.0. The molecule has 8 nitrogen and oxygen atoms in total. The Morgan fingerprint density at radius 2 is 1.94 bits per heavy atom. The van der Waals surface area contributed by atoms with E-state index in [0.717, 1.165) is 11.1 Å². The van der Waals surface area contributed by atoms with E-state index in [1.807, 2.05) is 30.3 Å². The Labute approximate surface area is 185 Å². The number of hydrogen-bond donors (Lipinski definition) is 1. The zero-order valence-corrected chi connectivity index (χ0v) is 18.5. The summed E-state index contributed by atoms with van der Waals surface area (Å²) < 4.78 is 7.08. The van der Waals surface area contributed by atoms with Gasteiger partial charge in [0.25, 0.3) is 17.4 Å². The van der Waals surface area contributed by atoms with Crippen molar-refractivity contribution in [2.75, 3.05) is 13.6 Å². The maximum Gasteiger partial charge on any atom is 0.291 e. The van der Waals surface area contributed by atoms with Gasteiger partial charge in [0.1, 0.15) is 5.56 Å². The maximum atomic E-state index is 13.1. The van der Waals surface area contributed by atoms with Gasteiger partial charge in [0.05, 0.1) is 5.69 Å². The Hall–Kier alpha value is -3.68. The molecular weight excluding hydrogens is 408 g/mol. The summed E-state index contributed by atoms with van der Waals surface area (Å²) in [6, 6.07) is 9.87. The van der Waals surface area contributed by atoms with E-state index in [4.69, 9.17) is 4.42 Å². The first-order valence-electron chi connectivity index (χ1n) is 10.6. The van der Waals surface area contributed by atoms with Crippen molar-refractivity contribution in [3.8, 4) is 0 Å². The molecule has 1 N–H and O–H groups in total. The van der Waals surface area contributed by atoms with Gasteiger partial charge in [-0.3, -0.25) is 14.4 Å². The van der Waals surface area contributed by atoms with Gasteiger partial charge in [0.2, 0.25) is 5.76 Å². The van der Waals surface area contributed by atoms with Crippen molar-refractivity contribution in [1.29, 1.82) is 0 Å². The molecule has 0 bridgehead atoms. The summed E-state index contributed by atoms with van der Waals surface area (Å²) in [6.45, 7) is 4.57.